The normalized spacial score (nSPS) is 14.4. The molecule has 0 amide bonds. The number of halogens is 2. The van der Waals surface area contributed by atoms with Crippen molar-refractivity contribution in [2.45, 2.75) is 13.1 Å². The number of aromatic nitrogens is 4. The summed E-state index contributed by atoms with van der Waals surface area (Å²) in [6, 6.07) is 0.761. The van der Waals surface area contributed by atoms with E-state index in [1.54, 1.807) is 11.2 Å². The third kappa shape index (κ3) is 1.97. The van der Waals surface area contributed by atoms with Crippen LogP contribution in [0.5, 0.6) is 0 Å². The van der Waals surface area contributed by atoms with E-state index < -0.39 is 11.6 Å². The van der Waals surface area contributed by atoms with Gasteiger partial charge in [-0.3, -0.25) is 0 Å². The number of nitrogens with two attached hydrogens (primary N) is 1. The lowest BCUT2D eigenvalue weighted by Crippen LogP contribution is -2.35. The van der Waals surface area contributed by atoms with Gasteiger partial charge in [0.2, 0.25) is 0 Å². The molecular formula is C10H11F2N7. The van der Waals surface area contributed by atoms with E-state index in [2.05, 4.69) is 20.6 Å². The number of hydrogen-bond donors (Lipinski definition) is 2. The van der Waals surface area contributed by atoms with Gasteiger partial charge in [0.25, 0.3) is 0 Å². The van der Waals surface area contributed by atoms with Crippen LogP contribution < -0.4 is 16.2 Å². The third-order valence-corrected chi connectivity index (χ3v) is 2.99. The summed E-state index contributed by atoms with van der Waals surface area (Å²) in [6.45, 7) is 1.51. The van der Waals surface area contributed by atoms with E-state index in [0.717, 1.165) is 6.07 Å². The molecule has 3 N–H and O–H groups in total. The van der Waals surface area contributed by atoms with Crippen molar-refractivity contribution in [1.82, 2.24) is 19.7 Å². The molecule has 0 atom stereocenters. The predicted molar refractivity (Wildman–Crippen MR) is 63.0 cm³/mol. The number of hydrogen-bond acceptors (Lipinski definition) is 6. The predicted octanol–water partition coefficient (Wildman–Crippen LogP) is 0.257. The lowest BCUT2D eigenvalue weighted by atomic mass is 10.3. The highest BCUT2D eigenvalue weighted by Gasteiger charge is 2.22. The minimum atomic E-state index is -0.830. The maximum Gasteiger partial charge on any atom is 0.178 e. The second kappa shape index (κ2) is 4.43. The van der Waals surface area contributed by atoms with Gasteiger partial charge in [0, 0.05) is 19.2 Å². The summed E-state index contributed by atoms with van der Waals surface area (Å²) >= 11 is 0. The Morgan fingerprint density at radius 2 is 2.11 bits per heavy atom. The molecule has 0 saturated carbocycles. The number of fused-ring (bicyclic) bond motifs is 1. The van der Waals surface area contributed by atoms with E-state index >= 15 is 0 Å². The van der Waals surface area contributed by atoms with E-state index in [-0.39, 0.29) is 11.6 Å². The molecule has 0 spiro atoms. The first kappa shape index (κ1) is 11.8. The lowest BCUT2D eigenvalue weighted by molar-refractivity contribution is 0.529. The van der Waals surface area contributed by atoms with E-state index in [4.69, 9.17) is 5.84 Å². The van der Waals surface area contributed by atoms with Gasteiger partial charge in [-0.1, -0.05) is 0 Å². The highest BCUT2D eigenvalue weighted by molar-refractivity contribution is 5.49. The number of anilines is 2. The Hall–Kier alpha value is -2.29. The molecule has 19 heavy (non-hydrogen) atoms. The fourth-order valence-corrected chi connectivity index (χ4v) is 2.03. The zero-order chi connectivity index (χ0) is 13.4. The lowest BCUT2D eigenvalue weighted by Gasteiger charge is -2.28. The van der Waals surface area contributed by atoms with Crippen LogP contribution in [-0.2, 0) is 13.1 Å². The Morgan fingerprint density at radius 3 is 2.89 bits per heavy atom. The molecule has 100 valence electrons. The average molecular weight is 267 g/mol. The maximum absolute atomic E-state index is 13.8. The molecule has 2 aromatic heterocycles. The van der Waals surface area contributed by atoms with Crippen molar-refractivity contribution < 1.29 is 8.78 Å². The molecule has 0 aliphatic carbocycles. The summed E-state index contributed by atoms with van der Waals surface area (Å²) in [4.78, 5) is 5.52. The molecule has 2 aromatic rings. The Morgan fingerprint density at radius 1 is 1.26 bits per heavy atom. The van der Waals surface area contributed by atoms with Crippen molar-refractivity contribution in [2.75, 3.05) is 16.9 Å². The number of pyridine rings is 1. The summed E-state index contributed by atoms with van der Waals surface area (Å²) in [5.41, 5.74) is 2.10. The van der Waals surface area contributed by atoms with Crippen LogP contribution in [-0.4, -0.2) is 26.3 Å². The third-order valence-electron chi connectivity index (χ3n) is 2.99. The maximum atomic E-state index is 13.8. The first-order valence-electron chi connectivity index (χ1n) is 5.63. The first-order valence-corrected chi connectivity index (χ1v) is 5.63. The van der Waals surface area contributed by atoms with Gasteiger partial charge in [-0.2, -0.15) is 0 Å². The molecule has 1 aliphatic heterocycles. The Labute approximate surface area is 107 Å². The summed E-state index contributed by atoms with van der Waals surface area (Å²) in [5, 5.41) is 7.71. The van der Waals surface area contributed by atoms with Crippen LogP contribution in [0.15, 0.2) is 12.4 Å². The highest BCUT2D eigenvalue weighted by atomic mass is 19.1. The first-order chi connectivity index (χ1) is 9.19. The van der Waals surface area contributed by atoms with E-state index in [1.165, 1.54) is 0 Å². The molecule has 1 aliphatic rings. The fourth-order valence-electron chi connectivity index (χ4n) is 2.03. The molecule has 7 nitrogen and oxygen atoms in total. The Balaban J connectivity index is 1.95. The van der Waals surface area contributed by atoms with Crippen LogP contribution >= 0.6 is 0 Å². The number of nitrogens with one attached hydrogen (secondary N) is 1. The highest BCUT2D eigenvalue weighted by Crippen LogP contribution is 2.24. The topological polar surface area (TPSA) is 84.9 Å². The monoisotopic (exact) mass is 267 g/mol. The molecule has 0 bridgehead atoms. The van der Waals surface area contributed by atoms with E-state index in [0.29, 0.717) is 25.5 Å². The minimum Gasteiger partial charge on any atom is -0.345 e. The molecule has 0 radical (unpaired) electrons. The van der Waals surface area contributed by atoms with Gasteiger partial charge in [0.15, 0.2) is 29.1 Å². The smallest absolute Gasteiger partial charge is 0.178 e. The Bertz CT molecular complexity index is 612. The van der Waals surface area contributed by atoms with Crippen molar-refractivity contribution in [3.05, 3.63) is 29.9 Å². The quantitative estimate of drug-likeness (QED) is 0.599. The molecule has 9 heteroatoms. The average Bonchev–Trinajstić information content (AvgIpc) is 2.86. The second-order valence-electron chi connectivity index (χ2n) is 4.13. The number of rotatable bonds is 2. The van der Waals surface area contributed by atoms with E-state index in [1.807, 2.05) is 4.57 Å². The van der Waals surface area contributed by atoms with Gasteiger partial charge < -0.3 is 14.9 Å². The molecule has 0 fully saturated rings. The van der Waals surface area contributed by atoms with Crippen LogP contribution in [0, 0.1) is 11.6 Å². The SMILES string of the molecule is NNc1nc(N2CCn3cnnc3C2)c(F)cc1F. The van der Waals surface area contributed by atoms with Crippen LogP contribution in [0.1, 0.15) is 5.82 Å². The van der Waals surface area contributed by atoms with Gasteiger partial charge in [-0.15, -0.1) is 10.2 Å². The van der Waals surface area contributed by atoms with Crippen LogP contribution in [0.4, 0.5) is 20.4 Å². The van der Waals surface area contributed by atoms with Gasteiger partial charge in [0.1, 0.15) is 6.33 Å². The molecule has 0 saturated heterocycles. The fraction of sp³-hybridized carbons (Fsp3) is 0.300. The van der Waals surface area contributed by atoms with Crippen molar-refractivity contribution in [1.29, 1.82) is 0 Å². The van der Waals surface area contributed by atoms with Crippen molar-refractivity contribution in [3.63, 3.8) is 0 Å². The molecule has 3 rings (SSSR count). The van der Waals surface area contributed by atoms with E-state index in [9.17, 15) is 8.78 Å². The molecule has 0 unspecified atom stereocenters. The zero-order valence-corrected chi connectivity index (χ0v) is 9.85. The van der Waals surface area contributed by atoms with Gasteiger partial charge >= 0.3 is 0 Å². The van der Waals surface area contributed by atoms with Crippen LogP contribution in [0.25, 0.3) is 0 Å². The van der Waals surface area contributed by atoms with Gasteiger partial charge in [-0.05, 0) is 0 Å². The zero-order valence-electron chi connectivity index (χ0n) is 9.85. The molecule has 3 heterocycles. The summed E-state index contributed by atoms with van der Waals surface area (Å²) in [6.07, 6.45) is 1.62. The number of nitrogen functional groups attached to an aromatic ring is 1. The number of hydrazine groups is 1. The van der Waals surface area contributed by atoms with Crippen molar-refractivity contribution in [2.24, 2.45) is 5.84 Å². The van der Waals surface area contributed by atoms with Gasteiger partial charge in [0.05, 0.1) is 6.54 Å². The largest absolute Gasteiger partial charge is 0.345 e. The van der Waals surface area contributed by atoms with Crippen LogP contribution in [0.2, 0.25) is 0 Å². The Kier molecular flexibility index (Phi) is 2.75. The number of nitrogens with zero attached hydrogens (tertiary/aromatic N) is 5. The van der Waals surface area contributed by atoms with Gasteiger partial charge in [-0.25, -0.2) is 19.6 Å². The molecule has 0 aromatic carbocycles. The summed E-state index contributed by atoms with van der Waals surface area (Å²) < 4.78 is 29.0. The van der Waals surface area contributed by atoms with Crippen LogP contribution in [0.3, 0.4) is 0 Å². The van der Waals surface area contributed by atoms with Crippen molar-refractivity contribution in [3.8, 4) is 0 Å². The van der Waals surface area contributed by atoms with Crippen molar-refractivity contribution >= 4 is 11.6 Å². The minimum absolute atomic E-state index is 0.0450. The summed E-state index contributed by atoms with van der Waals surface area (Å²) in [7, 11) is 0. The summed E-state index contributed by atoms with van der Waals surface area (Å²) in [5.74, 6) is 4.14. The molecular weight excluding hydrogens is 256 g/mol. The second-order valence-corrected chi connectivity index (χ2v) is 4.13. The standard InChI is InChI=1S/C10H11F2N7/c11-6-3-7(12)10(15-9(6)16-13)18-1-2-19-5-14-17-8(19)4-18/h3,5H,1-2,4,13H2,(H,15,16).